The van der Waals surface area contributed by atoms with Crippen LogP contribution in [0.25, 0.3) is 0 Å². The fraction of sp³-hybridized carbons (Fsp3) is 0. The van der Waals surface area contributed by atoms with Crippen LogP contribution >= 0.6 is 0 Å². The number of rotatable bonds is 4. The van der Waals surface area contributed by atoms with Gasteiger partial charge < -0.3 is 10.1 Å². The number of halogens is 1. The Kier molecular flexibility index (Phi) is 4.29. The first-order valence-corrected chi connectivity index (χ1v) is 6.95. The molecule has 1 heterocycles. The van der Waals surface area contributed by atoms with Crippen LogP contribution in [0.5, 0.6) is 11.5 Å². The number of benzene rings is 2. The number of hydrogen-bond acceptors (Lipinski definition) is 3. The summed E-state index contributed by atoms with van der Waals surface area (Å²) in [7, 11) is 0. The number of hydrogen-bond donors (Lipinski definition) is 1. The van der Waals surface area contributed by atoms with Crippen LogP contribution in [0.2, 0.25) is 0 Å². The molecule has 1 aromatic heterocycles. The minimum absolute atomic E-state index is 0.300. The second-order valence-corrected chi connectivity index (χ2v) is 4.78. The molecule has 5 heteroatoms. The number of anilines is 1. The summed E-state index contributed by atoms with van der Waals surface area (Å²) >= 11 is 0. The van der Waals surface area contributed by atoms with E-state index in [-0.39, 0.29) is 11.7 Å². The van der Waals surface area contributed by atoms with Crippen LogP contribution in [0, 0.1) is 5.82 Å². The molecule has 0 atom stereocenters. The molecule has 23 heavy (non-hydrogen) atoms. The van der Waals surface area contributed by atoms with Crippen LogP contribution < -0.4 is 10.1 Å². The second-order valence-electron chi connectivity index (χ2n) is 4.78. The van der Waals surface area contributed by atoms with Crippen LogP contribution in [-0.2, 0) is 0 Å². The van der Waals surface area contributed by atoms with Crippen molar-refractivity contribution in [1.29, 1.82) is 0 Å². The molecule has 0 spiro atoms. The maximum absolute atomic E-state index is 12.9. The summed E-state index contributed by atoms with van der Waals surface area (Å²) in [6.07, 6.45) is 3.28. The highest BCUT2D eigenvalue weighted by Gasteiger charge is 2.06. The van der Waals surface area contributed by atoms with Gasteiger partial charge in [0.1, 0.15) is 17.3 Å². The normalized spacial score (nSPS) is 10.1. The van der Waals surface area contributed by atoms with Gasteiger partial charge in [-0.2, -0.15) is 0 Å². The number of nitrogens with zero attached hydrogens (tertiary/aromatic N) is 1. The number of ether oxygens (including phenoxy) is 1. The maximum atomic E-state index is 12.9. The van der Waals surface area contributed by atoms with Gasteiger partial charge in [0.05, 0.1) is 6.20 Å². The first-order chi connectivity index (χ1) is 11.2. The molecule has 0 saturated carbocycles. The van der Waals surface area contributed by atoms with Crippen molar-refractivity contribution >= 4 is 11.6 Å². The Hall–Kier alpha value is -3.21. The lowest BCUT2D eigenvalue weighted by atomic mass is 10.2. The van der Waals surface area contributed by atoms with E-state index in [0.29, 0.717) is 22.7 Å². The third kappa shape index (κ3) is 3.91. The summed E-state index contributed by atoms with van der Waals surface area (Å²) in [6, 6.07) is 15.9. The first kappa shape index (κ1) is 14.7. The van der Waals surface area contributed by atoms with E-state index in [1.165, 1.54) is 24.3 Å². The highest BCUT2D eigenvalue weighted by atomic mass is 19.1. The topological polar surface area (TPSA) is 51.2 Å². The summed E-state index contributed by atoms with van der Waals surface area (Å²) < 4.78 is 18.5. The third-order valence-corrected chi connectivity index (χ3v) is 3.09. The third-order valence-electron chi connectivity index (χ3n) is 3.09. The van der Waals surface area contributed by atoms with Crippen molar-refractivity contribution in [1.82, 2.24) is 4.98 Å². The second kappa shape index (κ2) is 6.70. The smallest absolute Gasteiger partial charge is 0.255 e. The Morgan fingerprint density at radius 2 is 1.70 bits per heavy atom. The van der Waals surface area contributed by atoms with E-state index in [0.717, 1.165) is 0 Å². The molecular weight excluding hydrogens is 295 g/mol. The van der Waals surface area contributed by atoms with Crippen molar-refractivity contribution in [3.63, 3.8) is 0 Å². The molecule has 0 aliphatic carbocycles. The van der Waals surface area contributed by atoms with Crippen LogP contribution in [0.15, 0.2) is 73.1 Å². The molecule has 1 N–H and O–H groups in total. The van der Waals surface area contributed by atoms with Gasteiger partial charge in [-0.15, -0.1) is 0 Å². The van der Waals surface area contributed by atoms with E-state index in [4.69, 9.17) is 4.74 Å². The zero-order valence-corrected chi connectivity index (χ0v) is 12.1. The summed E-state index contributed by atoms with van der Waals surface area (Å²) in [6.45, 7) is 0. The summed E-state index contributed by atoms with van der Waals surface area (Å²) in [5.74, 6) is 0.595. The van der Waals surface area contributed by atoms with Gasteiger partial charge in [-0.05, 0) is 60.7 Å². The predicted molar refractivity (Wildman–Crippen MR) is 85.1 cm³/mol. The lowest BCUT2D eigenvalue weighted by Gasteiger charge is -2.08. The van der Waals surface area contributed by atoms with Gasteiger partial charge in [-0.3, -0.25) is 9.78 Å². The highest BCUT2D eigenvalue weighted by Crippen LogP contribution is 2.22. The molecule has 0 radical (unpaired) electrons. The van der Waals surface area contributed by atoms with Crippen molar-refractivity contribution in [2.75, 3.05) is 5.32 Å². The lowest BCUT2D eigenvalue weighted by Crippen LogP contribution is -2.11. The maximum Gasteiger partial charge on any atom is 0.255 e. The van der Waals surface area contributed by atoms with Crippen LogP contribution in [0.3, 0.4) is 0 Å². The van der Waals surface area contributed by atoms with Gasteiger partial charge in [0.25, 0.3) is 5.91 Å². The largest absolute Gasteiger partial charge is 0.456 e. The molecule has 4 nitrogen and oxygen atoms in total. The SMILES string of the molecule is O=C(Nc1ccc(Oc2cccnc2)cc1)c1ccc(F)cc1. The summed E-state index contributed by atoms with van der Waals surface area (Å²) in [5.41, 5.74) is 1.01. The molecule has 0 unspecified atom stereocenters. The van der Waals surface area contributed by atoms with Crippen LogP contribution in [-0.4, -0.2) is 10.9 Å². The molecule has 3 aromatic rings. The zero-order chi connectivity index (χ0) is 16.1. The van der Waals surface area contributed by atoms with E-state index in [9.17, 15) is 9.18 Å². The lowest BCUT2D eigenvalue weighted by molar-refractivity contribution is 0.102. The molecule has 0 aliphatic rings. The van der Waals surface area contributed by atoms with E-state index >= 15 is 0 Å². The van der Waals surface area contributed by atoms with Crippen molar-refractivity contribution < 1.29 is 13.9 Å². The Labute approximate surface area is 132 Å². The van der Waals surface area contributed by atoms with Crippen molar-refractivity contribution in [2.45, 2.75) is 0 Å². The fourth-order valence-corrected chi connectivity index (χ4v) is 1.95. The first-order valence-electron chi connectivity index (χ1n) is 6.95. The molecule has 3 rings (SSSR count). The van der Waals surface area contributed by atoms with Crippen molar-refractivity contribution in [3.05, 3.63) is 84.4 Å². The van der Waals surface area contributed by atoms with E-state index in [1.807, 2.05) is 0 Å². The zero-order valence-electron chi connectivity index (χ0n) is 12.1. The van der Waals surface area contributed by atoms with E-state index in [1.54, 1.807) is 48.8 Å². The quantitative estimate of drug-likeness (QED) is 0.783. The minimum Gasteiger partial charge on any atom is -0.456 e. The van der Waals surface area contributed by atoms with Gasteiger partial charge in [-0.25, -0.2) is 4.39 Å². The number of aromatic nitrogens is 1. The average molecular weight is 308 g/mol. The molecule has 0 bridgehead atoms. The molecule has 1 amide bonds. The average Bonchev–Trinajstić information content (AvgIpc) is 2.58. The molecular formula is C18H13FN2O2. The molecule has 114 valence electrons. The minimum atomic E-state index is -0.376. The Bertz CT molecular complexity index is 788. The summed E-state index contributed by atoms with van der Waals surface area (Å²) in [5, 5.41) is 2.74. The number of pyridine rings is 1. The summed E-state index contributed by atoms with van der Waals surface area (Å²) in [4.78, 5) is 16.0. The monoisotopic (exact) mass is 308 g/mol. The van der Waals surface area contributed by atoms with Gasteiger partial charge >= 0.3 is 0 Å². The molecule has 0 saturated heterocycles. The fourth-order valence-electron chi connectivity index (χ4n) is 1.95. The number of nitrogens with one attached hydrogen (secondary N) is 1. The molecule has 2 aromatic carbocycles. The Morgan fingerprint density at radius 1 is 0.957 bits per heavy atom. The van der Waals surface area contributed by atoms with Gasteiger partial charge in [0.2, 0.25) is 0 Å². The van der Waals surface area contributed by atoms with E-state index < -0.39 is 0 Å². The standard InChI is InChI=1S/C18H13FN2O2/c19-14-5-3-13(4-6-14)18(22)21-15-7-9-16(10-8-15)23-17-2-1-11-20-12-17/h1-12H,(H,21,22). The van der Waals surface area contributed by atoms with E-state index in [2.05, 4.69) is 10.3 Å². The Balaban J connectivity index is 1.65. The highest BCUT2D eigenvalue weighted by molar-refractivity contribution is 6.04. The Morgan fingerprint density at radius 3 is 2.35 bits per heavy atom. The number of carbonyl (C=O) groups excluding carboxylic acids is 1. The predicted octanol–water partition coefficient (Wildman–Crippen LogP) is 4.27. The van der Waals surface area contributed by atoms with Gasteiger partial charge in [0.15, 0.2) is 0 Å². The van der Waals surface area contributed by atoms with Gasteiger partial charge in [0, 0.05) is 17.4 Å². The number of carbonyl (C=O) groups is 1. The molecule has 0 aliphatic heterocycles. The van der Waals surface area contributed by atoms with Crippen LogP contribution in [0.4, 0.5) is 10.1 Å². The van der Waals surface area contributed by atoms with Crippen molar-refractivity contribution in [2.24, 2.45) is 0 Å². The van der Waals surface area contributed by atoms with Gasteiger partial charge in [-0.1, -0.05) is 0 Å². The van der Waals surface area contributed by atoms with Crippen LogP contribution in [0.1, 0.15) is 10.4 Å². The molecule has 0 fully saturated rings. The van der Waals surface area contributed by atoms with Crippen molar-refractivity contribution in [3.8, 4) is 11.5 Å². The number of amides is 1.